The van der Waals surface area contributed by atoms with E-state index in [4.69, 9.17) is 4.74 Å². The molecule has 2 N–H and O–H groups in total. The van der Waals surface area contributed by atoms with E-state index in [1.807, 2.05) is 0 Å². The molecule has 0 aliphatic heterocycles. The van der Waals surface area contributed by atoms with Crippen molar-refractivity contribution in [1.29, 1.82) is 0 Å². The lowest BCUT2D eigenvalue weighted by atomic mass is 10.2. The zero-order valence-corrected chi connectivity index (χ0v) is 15.7. The molecule has 2 aromatic carbocycles. The van der Waals surface area contributed by atoms with E-state index in [-0.39, 0.29) is 23.6 Å². The maximum absolute atomic E-state index is 12.4. The second-order valence-corrected chi connectivity index (χ2v) is 7.21. The standard InChI is InChI=1S/C18H20N2O6S/c1-25-11-10-19-27(23,24)16-5-3-4-14(12-16)17(21)20-15-8-6-13(7-9-15)18(22)26-2/h3-9,12,19H,10-11H2,1-2H3,(H,20,21). The molecule has 0 atom stereocenters. The Morgan fingerprint density at radius 1 is 1.00 bits per heavy atom. The molecule has 2 rings (SSSR count). The first-order chi connectivity index (χ1) is 12.9. The number of rotatable bonds is 8. The van der Waals surface area contributed by atoms with Gasteiger partial charge in [-0.25, -0.2) is 17.9 Å². The maximum Gasteiger partial charge on any atom is 0.337 e. The van der Waals surface area contributed by atoms with Gasteiger partial charge in [-0.15, -0.1) is 0 Å². The number of carbonyl (C=O) groups excluding carboxylic acids is 2. The summed E-state index contributed by atoms with van der Waals surface area (Å²) < 4.78 is 36.3. The third-order valence-electron chi connectivity index (χ3n) is 3.57. The van der Waals surface area contributed by atoms with Crippen LogP contribution in [0.4, 0.5) is 5.69 Å². The molecule has 0 spiro atoms. The number of sulfonamides is 1. The minimum absolute atomic E-state index is 0.0210. The highest BCUT2D eigenvalue weighted by Gasteiger charge is 2.16. The Bertz CT molecular complexity index is 910. The third-order valence-corrected chi connectivity index (χ3v) is 5.03. The van der Waals surface area contributed by atoms with Gasteiger partial charge in [0.1, 0.15) is 0 Å². The van der Waals surface area contributed by atoms with E-state index >= 15 is 0 Å². The molecular weight excluding hydrogens is 372 g/mol. The van der Waals surface area contributed by atoms with Crippen molar-refractivity contribution in [3.63, 3.8) is 0 Å². The molecule has 0 fully saturated rings. The Hall–Kier alpha value is -2.75. The predicted molar refractivity (Wildman–Crippen MR) is 99.2 cm³/mol. The van der Waals surface area contributed by atoms with Gasteiger partial charge in [0.25, 0.3) is 5.91 Å². The fraction of sp³-hybridized carbons (Fsp3) is 0.222. The molecule has 0 aliphatic rings. The van der Waals surface area contributed by atoms with Gasteiger partial charge in [-0.2, -0.15) is 0 Å². The summed E-state index contributed by atoms with van der Waals surface area (Å²) in [5.41, 5.74) is 0.992. The molecule has 0 heterocycles. The van der Waals surface area contributed by atoms with Crippen LogP contribution < -0.4 is 10.0 Å². The molecule has 0 saturated carbocycles. The van der Waals surface area contributed by atoms with Crippen molar-refractivity contribution in [2.45, 2.75) is 4.90 Å². The number of esters is 1. The Balaban J connectivity index is 2.12. The molecule has 0 bridgehead atoms. The number of amides is 1. The first kappa shape index (κ1) is 20.6. The van der Waals surface area contributed by atoms with Crippen LogP contribution in [0.3, 0.4) is 0 Å². The fourth-order valence-corrected chi connectivity index (χ4v) is 3.24. The van der Waals surface area contributed by atoms with Gasteiger partial charge in [0.15, 0.2) is 0 Å². The lowest BCUT2D eigenvalue weighted by Crippen LogP contribution is -2.27. The average Bonchev–Trinajstić information content (AvgIpc) is 2.68. The van der Waals surface area contributed by atoms with E-state index in [1.54, 1.807) is 12.1 Å². The minimum Gasteiger partial charge on any atom is -0.465 e. The Labute approximate surface area is 157 Å². The molecule has 0 unspecified atom stereocenters. The number of anilines is 1. The summed E-state index contributed by atoms with van der Waals surface area (Å²) in [6.07, 6.45) is 0. The van der Waals surface area contributed by atoms with Crippen LogP contribution in [0.25, 0.3) is 0 Å². The summed E-state index contributed by atoms with van der Waals surface area (Å²) in [4.78, 5) is 23.8. The number of hydrogen-bond donors (Lipinski definition) is 2. The number of benzene rings is 2. The molecule has 0 aromatic heterocycles. The summed E-state index contributed by atoms with van der Waals surface area (Å²) in [7, 11) is -0.991. The number of carbonyl (C=O) groups is 2. The monoisotopic (exact) mass is 392 g/mol. The van der Waals surface area contributed by atoms with Crippen LogP contribution in [0.5, 0.6) is 0 Å². The Kier molecular flexibility index (Phi) is 7.05. The smallest absolute Gasteiger partial charge is 0.337 e. The van der Waals surface area contributed by atoms with Crippen molar-refractivity contribution in [3.8, 4) is 0 Å². The zero-order chi connectivity index (χ0) is 19.9. The van der Waals surface area contributed by atoms with Gasteiger partial charge >= 0.3 is 5.97 Å². The molecule has 0 radical (unpaired) electrons. The van der Waals surface area contributed by atoms with Gasteiger partial charge < -0.3 is 14.8 Å². The van der Waals surface area contributed by atoms with Gasteiger partial charge in [-0.1, -0.05) is 6.07 Å². The number of ether oxygens (including phenoxy) is 2. The fourth-order valence-electron chi connectivity index (χ4n) is 2.18. The summed E-state index contributed by atoms with van der Waals surface area (Å²) in [5, 5.41) is 2.65. The normalized spacial score (nSPS) is 11.0. The molecule has 144 valence electrons. The minimum atomic E-state index is -3.74. The third kappa shape index (κ3) is 5.61. The van der Waals surface area contributed by atoms with Gasteiger partial charge in [-0.05, 0) is 42.5 Å². The molecular formula is C18H20N2O6S. The van der Waals surface area contributed by atoms with Crippen LogP contribution in [0.1, 0.15) is 20.7 Å². The number of methoxy groups -OCH3 is 2. The van der Waals surface area contributed by atoms with E-state index in [0.717, 1.165) is 0 Å². The van der Waals surface area contributed by atoms with Crippen LogP contribution in [-0.2, 0) is 19.5 Å². The van der Waals surface area contributed by atoms with E-state index in [9.17, 15) is 18.0 Å². The lowest BCUT2D eigenvalue weighted by Gasteiger charge is -2.09. The zero-order valence-electron chi connectivity index (χ0n) is 14.9. The lowest BCUT2D eigenvalue weighted by molar-refractivity contribution is 0.0600. The SMILES string of the molecule is COCCNS(=O)(=O)c1cccc(C(=O)Nc2ccc(C(=O)OC)cc2)c1. The summed E-state index contributed by atoms with van der Waals surface area (Å²) in [5.74, 6) is -0.957. The molecule has 0 aliphatic carbocycles. The quantitative estimate of drug-likeness (QED) is 0.522. The first-order valence-electron chi connectivity index (χ1n) is 7.96. The van der Waals surface area contributed by atoms with Crippen LogP contribution in [0.2, 0.25) is 0 Å². The molecule has 1 amide bonds. The first-order valence-corrected chi connectivity index (χ1v) is 9.44. The topological polar surface area (TPSA) is 111 Å². The van der Waals surface area contributed by atoms with E-state index in [2.05, 4.69) is 14.8 Å². The largest absolute Gasteiger partial charge is 0.465 e. The molecule has 27 heavy (non-hydrogen) atoms. The van der Waals surface area contributed by atoms with Crippen LogP contribution in [0, 0.1) is 0 Å². The van der Waals surface area contributed by atoms with Crippen LogP contribution >= 0.6 is 0 Å². The van der Waals surface area contributed by atoms with E-state index < -0.39 is 21.9 Å². The summed E-state index contributed by atoms with van der Waals surface area (Å²) in [6.45, 7) is 0.364. The highest BCUT2D eigenvalue weighted by Crippen LogP contribution is 2.15. The van der Waals surface area contributed by atoms with Gasteiger partial charge in [-0.3, -0.25) is 4.79 Å². The number of hydrogen-bond acceptors (Lipinski definition) is 6. The predicted octanol–water partition coefficient (Wildman–Crippen LogP) is 1.65. The second-order valence-electron chi connectivity index (χ2n) is 5.44. The molecule has 2 aromatic rings. The molecule has 8 nitrogen and oxygen atoms in total. The van der Waals surface area contributed by atoms with Gasteiger partial charge in [0, 0.05) is 24.9 Å². The summed E-state index contributed by atoms with van der Waals surface area (Å²) >= 11 is 0. The van der Waals surface area contributed by atoms with Crippen molar-refractivity contribution in [3.05, 3.63) is 59.7 Å². The van der Waals surface area contributed by atoms with Crippen LogP contribution in [-0.4, -0.2) is 47.7 Å². The average molecular weight is 392 g/mol. The highest BCUT2D eigenvalue weighted by atomic mass is 32.2. The summed E-state index contributed by atoms with van der Waals surface area (Å²) in [6, 6.07) is 11.8. The maximum atomic E-state index is 12.4. The van der Waals surface area contributed by atoms with Crippen molar-refractivity contribution < 1.29 is 27.5 Å². The van der Waals surface area contributed by atoms with Crippen molar-refractivity contribution in [2.24, 2.45) is 0 Å². The van der Waals surface area contributed by atoms with Gasteiger partial charge in [0.05, 0.1) is 24.2 Å². The Morgan fingerprint density at radius 3 is 2.33 bits per heavy atom. The van der Waals surface area contributed by atoms with Crippen molar-refractivity contribution >= 4 is 27.6 Å². The van der Waals surface area contributed by atoms with Crippen LogP contribution in [0.15, 0.2) is 53.4 Å². The highest BCUT2D eigenvalue weighted by molar-refractivity contribution is 7.89. The molecule has 0 saturated heterocycles. The molecule has 9 heteroatoms. The van der Waals surface area contributed by atoms with Crippen molar-refractivity contribution in [2.75, 3.05) is 32.7 Å². The van der Waals surface area contributed by atoms with E-state index in [1.165, 1.54) is 50.6 Å². The number of nitrogens with one attached hydrogen (secondary N) is 2. The second kappa shape index (κ2) is 9.26. The van der Waals surface area contributed by atoms with Crippen molar-refractivity contribution in [1.82, 2.24) is 4.72 Å². The van der Waals surface area contributed by atoms with E-state index in [0.29, 0.717) is 11.3 Å². The Morgan fingerprint density at radius 2 is 1.70 bits per heavy atom. The van der Waals surface area contributed by atoms with Gasteiger partial charge in [0.2, 0.25) is 10.0 Å².